The zero-order valence-electron chi connectivity index (χ0n) is 17.1. The minimum absolute atomic E-state index is 0.0430. The van der Waals surface area contributed by atoms with Crippen molar-refractivity contribution in [3.63, 3.8) is 0 Å². The fourth-order valence-electron chi connectivity index (χ4n) is 1.67. The highest BCUT2D eigenvalue weighted by atomic mass is 28.4. The number of hydrogen-bond donors (Lipinski definition) is 1. The molecule has 0 saturated carbocycles. The van der Waals surface area contributed by atoms with Gasteiger partial charge in [0.05, 0.1) is 6.61 Å². The van der Waals surface area contributed by atoms with Crippen LogP contribution in [0.3, 0.4) is 0 Å². The molecule has 1 fully saturated rings. The lowest BCUT2D eigenvalue weighted by Crippen LogP contribution is -2.63. The Bertz CT molecular complexity index is 533. The van der Waals surface area contributed by atoms with Gasteiger partial charge in [-0.05, 0) is 36.3 Å². The first-order valence-corrected chi connectivity index (χ1v) is 14.5. The SMILES string of the molecule is CC(C)(C)[Si](C)(C)OCC#C[C@@H]1C(=O)N[C@@H]1O[Si](C)(C)C(C)(C)C. The van der Waals surface area contributed by atoms with Crippen LogP contribution in [-0.4, -0.2) is 35.4 Å². The molecule has 2 atom stereocenters. The largest absolute Gasteiger partial charge is 0.406 e. The summed E-state index contributed by atoms with van der Waals surface area (Å²) in [6.45, 7) is 22.3. The first-order chi connectivity index (χ1) is 10.6. The molecule has 138 valence electrons. The summed E-state index contributed by atoms with van der Waals surface area (Å²) in [6, 6.07) is 0. The number of nitrogens with one attached hydrogen (secondary N) is 1. The van der Waals surface area contributed by atoms with Gasteiger partial charge in [0.2, 0.25) is 5.91 Å². The summed E-state index contributed by atoms with van der Waals surface area (Å²) >= 11 is 0. The summed E-state index contributed by atoms with van der Waals surface area (Å²) in [5, 5.41) is 3.11. The second kappa shape index (κ2) is 6.95. The Hall–Kier alpha value is -0.616. The molecule has 0 aromatic heterocycles. The Balaban J connectivity index is 2.64. The number of carbonyl (C=O) groups is 1. The third-order valence-electron chi connectivity index (χ3n) is 5.67. The number of rotatable bonds is 4. The summed E-state index contributed by atoms with van der Waals surface area (Å²) in [5.41, 5.74) is 0. The Labute approximate surface area is 150 Å². The topological polar surface area (TPSA) is 47.6 Å². The number of hydrogen-bond acceptors (Lipinski definition) is 3. The molecule has 0 unspecified atom stereocenters. The summed E-state index contributed by atoms with van der Waals surface area (Å²) in [5.74, 6) is 5.67. The van der Waals surface area contributed by atoms with Crippen LogP contribution in [0.25, 0.3) is 0 Å². The van der Waals surface area contributed by atoms with Crippen molar-refractivity contribution >= 4 is 22.5 Å². The zero-order chi connectivity index (χ0) is 19.0. The fraction of sp³-hybridized carbons (Fsp3) is 0.833. The highest BCUT2D eigenvalue weighted by molar-refractivity contribution is 6.74. The lowest BCUT2D eigenvalue weighted by atomic mass is 10.0. The van der Waals surface area contributed by atoms with E-state index in [4.69, 9.17) is 8.85 Å². The van der Waals surface area contributed by atoms with E-state index in [-0.39, 0.29) is 28.1 Å². The standard InChI is InChI=1S/C18H35NO3Si2/c1-17(2,3)23(7,8)21-13-11-12-14-15(20)19-16(14)22-24(9,10)18(4,5)6/h14,16H,13H2,1-10H3,(H,19,20)/t14-,16-/m1/s1. The molecule has 1 N–H and O–H groups in total. The van der Waals surface area contributed by atoms with Gasteiger partial charge in [0.15, 0.2) is 16.6 Å². The Morgan fingerprint density at radius 2 is 1.50 bits per heavy atom. The van der Waals surface area contributed by atoms with Crippen LogP contribution < -0.4 is 5.32 Å². The van der Waals surface area contributed by atoms with E-state index in [1.54, 1.807) is 0 Å². The minimum atomic E-state index is -1.92. The van der Waals surface area contributed by atoms with Crippen molar-refractivity contribution < 1.29 is 13.6 Å². The van der Waals surface area contributed by atoms with Crippen molar-refractivity contribution in [3.8, 4) is 11.8 Å². The molecule has 1 rings (SSSR count). The molecular weight excluding hydrogens is 334 g/mol. The second-order valence-electron chi connectivity index (χ2n) is 9.66. The van der Waals surface area contributed by atoms with E-state index in [9.17, 15) is 4.79 Å². The first kappa shape index (κ1) is 21.4. The van der Waals surface area contributed by atoms with Crippen molar-refractivity contribution in [2.24, 2.45) is 5.92 Å². The van der Waals surface area contributed by atoms with E-state index in [0.29, 0.717) is 6.61 Å². The molecule has 1 aliphatic heterocycles. The molecule has 0 aliphatic carbocycles. The van der Waals surface area contributed by atoms with Crippen LogP contribution in [0.5, 0.6) is 0 Å². The number of carbonyl (C=O) groups excluding carboxylic acids is 1. The maximum atomic E-state index is 11.8. The van der Waals surface area contributed by atoms with Crippen molar-refractivity contribution in [1.29, 1.82) is 0 Å². The third kappa shape index (κ3) is 4.95. The maximum absolute atomic E-state index is 11.8. The second-order valence-corrected chi connectivity index (χ2v) is 19.2. The molecule has 0 spiro atoms. The van der Waals surface area contributed by atoms with Gasteiger partial charge < -0.3 is 14.2 Å². The molecule has 4 nitrogen and oxygen atoms in total. The molecule has 0 aromatic rings. The maximum Gasteiger partial charge on any atom is 0.241 e. The summed E-state index contributed by atoms with van der Waals surface area (Å²) in [4.78, 5) is 11.8. The predicted octanol–water partition coefficient (Wildman–Crippen LogP) is 4.11. The van der Waals surface area contributed by atoms with Crippen LogP contribution in [0.15, 0.2) is 0 Å². The molecule has 24 heavy (non-hydrogen) atoms. The van der Waals surface area contributed by atoms with Crippen molar-refractivity contribution in [3.05, 3.63) is 0 Å². The van der Waals surface area contributed by atoms with Gasteiger partial charge in [-0.25, -0.2) is 0 Å². The van der Waals surface area contributed by atoms with Gasteiger partial charge in [0.25, 0.3) is 0 Å². The quantitative estimate of drug-likeness (QED) is 0.461. The molecule has 1 amide bonds. The predicted molar refractivity (Wildman–Crippen MR) is 105 cm³/mol. The normalized spacial score (nSPS) is 22.3. The van der Waals surface area contributed by atoms with Gasteiger partial charge in [-0.15, -0.1) is 0 Å². The van der Waals surface area contributed by atoms with E-state index in [0.717, 1.165) is 0 Å². The zero-order valence-corrected chi connectivity index (χ0v) is 19.1. The van der Waals surface area contributed by atoms with Crippen LogP contribution >= 0.6 is 0 Å². The minimum Gasteiger partial charge on any atom is -0.406 e. The van der Waals surface area contributed by atoms with Gasteiger partial charge >= 0.3 is 0 Å². The summed E-state index contributed by atoms with van der Waals surface area (Å²) in [7, 11) is -3.71. The molecule has 0 aromatic carbocycles. The van der Waals surface area contributed by atoms with Crippen LogP contribution in [-0.2, 0) is 13.6 Å². The smallest absolute Gasteiger partial charge is 0.241 e. The summed E-state index contributed by atoms with van der Waals surface area (Å²) in [6.07, 6.45) is -0.279. The van der Waals surface area contributed by atoms with Crippen LogP contribution in [0.2, 0.25) is 36.3 Å². The van der Waals surface area contributed by atoms with Gasteiger partial charge in [0, 0.05) is 0 Å². The van der Waals surface area contributed by atoms with Crippen molar-refractivity contribution in [1.82, 2.24) is 5.32 Å². The lowest BCUT2D eigenvalue weighted by molar-refractivity contribution is -0.140. The van der Waals surface area contributed by atoms with Gasteiger partial charge in [-0.2, -0.15) is 0 Å². The van der Waals surface area contributed by atoms with E-state index >= 15 is 0 Å². The van der Waals surface area contributed by atoms with E-state index < -0.39 is 16.6 Å². The third-order valence-corrected chi connectivity index (χ3v) is 14.6. The molecule has 1 aliphatic rings. The average molecular weight is 370 g/mol. The van der Waals surface area contributed by atoms with Crippen LogP contribution in [0.4, 0.5) is 0 Å². The van der Waals surface area contributed by atoms with Gasteiger partial charge in [-0.3, -0.25) is 4.79 Å². The van der Waals surface area contributed by atoms with Crippen molar-refractivity contribution in [2.75, 3.05) is 6.61 Å². The highest BCUT2D eigenvalue weighted by Crippen LogP contribution is 2.39. The molecule has 1 heterocycles. The molecule has 0 radical (unpaired) electrons. The van der Waals surface area contributed by atoms with Gasteiger partial charge in [-0.1, -0.05) is 53.4 Å². The van der Waals surface area contributed by atoms with E-state index in [1.807, 2.05) is 0 Å². The highest BCUT2D eigenvalue weighted by Gasteiger charge is 2.46. The van der Waals surface area contributed by atoms with Crippen LogP contribution in [0.1, 0.15) is 41.5 Å². The first-order valence-electron chi connectivity index (χ1n) is 8.69. The molecule has 1 saturated heterocycles. The fourth-order valence-corrected chi connectivity index (χ4v) is 3.72. The number of β-lactam (4-membered cyclic amide) rings is 1. The Morgan fingerprint density at radius 3 is 1.92 bits per heavy atom. The van der Waals surface area contributed by atoms with Crippen LogP contribution in [0, 0.1) is 17.8 Å². The molecular formula is C18H35NO3Si2. The van der Waals surface area contributed by atoms with E-state index in [2.05, 4.69) is 84.9 Å². The van der Waals surface area contributed by atoms with Crippen molar-refractivity contribution in [2.45, 2.75) is 84.0 Å². The Kier molecular flexibility index (Phi) is 6.20. The molecule has 6 heteroatoms. The Morgan fingerprint density at radius 1 is 1.00 bits per heavy atom. The number of amides is 1. The average Bonchev–Trinajstić information content (AvgIpc) is 2.34. The van der Waals surface area contributed by atoms with E-state index in [1.165, 1.54) is 0 Å². The summed E-state index contributed by atoms with van der Waals surface area (Å²) < 4.78 is 12.3. The van der Waals surface area contributed by atoms with Gasteiger partial charge in [0.1, 0.15) is 12.1 Å². The lowest BCUT2D eigenvalue weighted by Gasteiger charge is -2.44. The monoisotopic (exact) mass is 369 g/mol. The molecule has 0 bridgehead atoms.